The van der Waals surface area contributed by atoms with E-state index in [-0.39, 0.29) is 6.61 Å². The van der Waals surface area contributed by atoms with E-state index < -0.39 is 0 Å². The summed E-state index contributed by atoms with van der Waals surface area (Å²) < 4.78 is 9.50. The zero-order chi connectivity index (χ0) is 16.7. The lowest BCUT2D eigenvalue weighted by Gasteiger charge is -2.10. The number of aliphatic hydroxyl groups excluding tert-OH is 1. The highest BCUT2D eigenvalue weighted by Crippen LogP contribution is 2.31. The molecular weight excluding hydrogens is 304 g/mol. The third-order valence-electron chi connectivity index (χ3n) is 4.48. The minimum Gasteiger partial charge on any atom is -0.493 e. The van der Waals surface area contributed by atoms with Crippen molar-refractivity contribution in [2.24, 2.45) is 0 Å². The number of ether oxygens (including phenoxy) is 1. The lowest BCUT2D eigenvalue weighted by molar-refractivity contribution is 0.268. The average molecular weight is 324 g/mol. The summed E-state index contributed by atoms with van der Waals surface area (Å²) >= 11 is 0. The van der Waals surface area contributed by atoms with Crippen molar-refractivity contribution in [3.05, 3.63) is 47.5 Å². The number of aromatic nitrogens is 4. The third-order valence-corrected chi connectivity index (χ3v) is 4.48. The number of hydrogen-bond acceptors (Lipinski definition) is 4. The van der Waals surface area contributed by atoms with Crippen molar-refractivity contribution in [1.82, 2.24) is 19.3 Å². The summed E-state index contributed by atoms with van der Waals surface area (Å²) in [7, 11) is 0. The molecule has 124 valence electrons. The van der Waals surface area contributed by atoms with E-state index in [1.165, 1.54) is 5.56 Å². The largest absolute Gasteiger partial charge is 0.493 e. The first-order valence-electron chi connectivity index (χ1n) is 8.13. The maximum absolute atomic E-state index is 9.21. The van der Waals surface area contributed by atoms with Gasteiger partial charge in [0.05, 0.1) is 36.8 Å². The van der Waals surface area contributed by atoms with Crippen LogP contribution in [-0.2, 0) is 13.0 Å². The monoisotopic (exact) mass is 324 g/mol. The van der Waals surface area contributed by atoms with Gasteiger partial charge in [0.25, 0.3) is 0 Å². The molecule has 0 fully saturated rings. The molecule has 3 heterocycles. The second kappa shape index (κ2) is 5.79. The summed E-state index contributed by atoms with van der Waals surface area (Å²) in [5.41, 5.74) is 5.26. The highest BCUT2D eigenvalue weighted by atomic mass is 16.5. The van der Waals surface area contributed by atoms with Crippen molar-refractivity contribution in [3.63, 3.8) is 0 Å². The fraction of sp³-hybridized carbons (Fsp3) is 0.333. The predicted molar refractivity (Wildman–Crippen MR) is 90.5 cm³/mol. The van der Waals surface area contributed by atoms with Crippen LogP contribution in [0.5, 0.6) is 5.75 Å². The fourth-order valence-corrected chi connectivity index (χ4v) is 3.37. The summed E-state index contributed by atoms with van der Waals surface area (Å²) in [6.07, 6.45) is 4.71. The van der Waals surface area contributed by atoms with Crippen LogP contribution >= 0.6 is 0 Å². The van der Waals surface area contributed by atoms with Gasteiger partial charge in [0.2, 0.25) is 0 Å². The molecule has 1 aliphatic heterocycles. The predicted octanol–water partition coefficient (Wildman–Crippen LogP) is 2.28. The zero-order valence-electron chi connectivity index (χ0n) is 13.9. The summed E-state index contributed by atoms with van der Waals surface area (Å²) in [4.78, 5) is 4.56. The highest BCUT2D eigenvalue weighted by molar-refractivity contribution is 5.63. The van der Waals surface area contributed by atoms with Gasteiger partial charge in [-0.25, -0.2) is 4.98 Å². The molecule has 0 unspecified atom stereocenters. The number of aliphatic hydroxyl groups is 1. The number of nitrogens with zero attached hydrogens (tertiary/aromatic N) is 4. The van der Waals surface area contributed by atoms with Crippen LogP contribution in [0.1, 0.15) is 17.0 Å². The normalized spacial score (nSPS) is 13.1. The molecule has 0 amide bonds. The molecule has 0 saturated heterocycles. The van der Waals surface area contributed by atoms with E-state index >= 15 is 0 Å². The van der Waals surface area contributed by atoms with Gasteiger partial charge < -0.3 is 9.84 Å². The Morgan fingerprint density at radius 3 is 3.00 bits per heavy atom. The Kier molecular flexibility index (Phi) is 3.61. The Morgan fingerprint density at radius 1 is 1.29 bits per heavy atom. The Labute approximate surface area is 140 Å². The second-order valence-electron chi connectivity index (χ2n) is 6.01. The Morgan fingerprint density at radius 2 is 2.17 bits per heavy atom. The highest BCUT2D eigenvalue weighted by Gasteiger charge is 2.19. The fourth-order valence-electron chi connectivity index (χ4n) is 3.37. The van der Waals surface area contributed by atoms with Gasteiger partial charge in [0.15, 0.2) is 0 Å². The van der Waals surface area contributed by atoms with Crippen molar-refractivity contribution >= 4 is 0 Å². The first-order valence-corrected chi connectivity index (χ1v) is 8.13. The van der Waals surface area contributed by atoms with Crippen molar-refractivity contribution in [3.8, 4) is 22.8 Å². The minimum atomic E-state index is 0.0724. The Balaban J connectivity index is 1.81. The maximum Gasteiger partial charge on any atom is 0.144 e. The second-order valence-corrected chi connectivity index (χ2v) is 6.01. The van der Waals surface area contributed by atoms with Crippen LogP contribution in [0.15, 0.2) is 30.6 Å². The summed E-state index contributed by atoms with van der Waals surface area (Å²) in [5.74, 6) is 1.86. The molecule has 3 aromatic rings. The number of benzene rings is 1. The van der Waals surface area contributed by atoms with Gasteiger partial charge in [-0.1, -0.05) is 0 Å². The van der Waals surface area contributed by atoms with Gasteiger partial charge in [-0.3, -0.25) is 9.25 Å². The number of imidazole rings is 1. The molecule has 6 heteroatoms. The Bertz CT molecular complexity index is 895. The topological polar surface area (TPSA) is 65.1 Å². The van der Waals surface area contributed by atoms with Gasteiger partial charge in [-0.15, -0.1) is 0 Å². The summed E-state index contributed by atoms with van der Waals surface area (Å²) in [6, 6.07) is 6.22. The SMILES string of the molecule is Cc1nn(CCO)c(C)c1-n1ccnc1-c1ccc2c(c1)CCO2. The molecule has 24 heavy (non-hydrogen) atoms. The molecule has 4 rings (SSSR count). The lowest BCUT2D eigenvalue weighted by Crippen LogP contribution is -2.06. The van der Waals surface area contributed by atoms with E-state index in [4.69, 9.17) is 4.74 Å². The van der Waals surface area contributed by atoms with E-state index in [1.807, 2.05) is 36.9 Å². The van der Waals surface area contributed by atoms with Crippen LogP contribution in [0.4, 0.5) is 0 Å². The van der Waals surface area contributed by atoms with Gasteiger partial charge >= 0.3 is 0 Å². The van der Waals surface area contributed by atoms with Crippen LogP contribution < -0.4 is 4.74 Å². The molecule has 2 aromatic heterocycles. The standard InChI is InChI=1S/C18H20N4O2/c1-12-17(13(2)22(20-12)8-9-23)21-7-6-19-18(21)15-3-4-16-14(11-15)5-10-24-16/h3-4,6-7,11,23H,5,8-10H2,1-2H3. The first-order chi connectivity index (χ1) is 11.7. The summed E-state index contributed by atoms with van der Waals surface area (Å²) in [5, 5.41) is 13.7. The maximum atomic E-state index is 9.21. The van der Waals surface area contributed by atoms with Gasteiger partial charge in [0.1, 0.15) is 11.6 Å². The molecule has 6 nitrogen and oxygen atoms in total. The minimum absolute atomic E-state index is 0.0724. The average Bonchev–Trinajstić information content (AvgIpc) is 3.27. The zero-order valence-corrected chi connectivity index (χ0v) is 13.9. The van der Waals surface area contributed by atoms with Gasteiger partial charge in [0, 0.05) is 24.4 Å². The summed E-state index contributed by atoms with van der Waals surface area (Å²) in [6.45, 7) is 5.32. The van der Waals surface area contributed by atoms with E-state index in [2.05, 4.69) is 20.7 Å². The van der Waals surface area contributed by atoms with E-state index in [0.717, 1.165) is 47.2 Å². The van der Waals surface area contributed by atoms with E-state index in [1.54, 1.807) is 6.20 Å². The molecule has 1 aromatic carbocycles. The lowest BCUT2D eigenvalue weighted by atomic mass is 10.1. The van der Waals surface area contributed by atoms with Crippen molar-refractivity contribution in [2.75, 3.05) is 13.2 Å². The number of hydrogen-bond donors (Lipinski definition) is 1. The molecular formula is C18H20N4O2. The van der Waals surface area contributed by atoms with E-state index in [0.29, 0.717) is 6.54 Å². The molecule has 0 atom stereocenters. The van der Waals surface area contributed by atoms with Crippen LogP contribution in [0, 0.1) is 13.8 Å². The Hall–Kier alpha value is -2.60. The van der Waals surface area contributed by atoms with Crippen LogP contribution in [-0.4, -0.2) is 37.7 Å². The van der Waals surface area contributed by atoms with Gasteiger partial charge in [-0.2, -0.15) is 5.10 Å². The number of rotatable bonds is 4. The molecule has 0 spiro atoms. The smallest absolute Gasteiger partial charge is 0.144 e. The molecule has 0 aliphatic carbocycles. The van der Waals surface area contributed by atoms with Crippen LogP contribution in [0.3, 0.4) is 0 Å². The van der Waals surface area contributed by atoms with E-state index in [9.17, 15) is 5.11 Å². The molecule has 0 radical (unpaired) electrons. The van der Waals surface area contributed by atoms with Crippen molar-refractivity contribution < 1.29 is 9.84 Å². The molecule has 0 bridgehead atoms. The molecule has 0 saturated carbocycles. The molecule has 1 N–H and O–H groups in total. The van der Waals surface area contributed by atoms with Crippen molar-refractivity contribution in [1.29, 1.82) is 0 Å². The quantitative estimate of drug-likeness (QED) is 0.799. The van der Waals surface area contributed by atoms with Crippen LogP contribution in [0.25, 0.3) is 17.1 Å². The molecule has 1 aliphatic rings. The van der Waals surface area contributed by atoms with Gasteiger partial charge in [-0.05, 0) is 37.6 Å². The number of aryl methyl sites for hydroxylation is 1. The number of fused-ring (bicyclic) bond motifs is 1. The van der Waals surface area contributed by atoms with Crippen LogP contribution in [0.2, 0.25) is 0 Å². The first kappa shape index (κ1) is 15.0. The third kappa shape index (κ3) is 2.30. The van der Waals surface area contributed by atoms with Crippen molar-refractivity contribution in [2.45, 2.75) is 26.8 Å².